The number of nitrogens with one attached hydrogen (secondary N) is 2. The molecule has 0 radical (unpaired) electrons. The number of aliphatic hydroxyl groups is 1. The number of hydrogen-bond donors (Lipinski definition) is 3. The molecule has 2 aromatic rings. The van der Waals surface area contributed by atoms with E-state index in [0.717, 1.165) is 16.5 Å². The van der Waals surface area contributed by atoms with Gasteiger partial charge in [0, 0.05) is 48.0 Å². The number of amides is 1. The van der Waals surface area contributed by atoms with Crippen molar-refractivity contribution in [2.45, 2.75) is 135 Å². The third-order valence-corrected chi connectivity index (χ3v) is 11.8. The van der Waals surface area contributed by atoms with Gasteiger partial charge >= 0.3 is 12.1 Å². The molecule has 0 spiro atoms. The predicted molar refractivity (Wildman–Crippen MR) is 224 cm³/mol. The van der Waals surface area contributed by atoms with Crippen molar-refractivity contribution in [2.24, 2.45) is 17.8 Å². The van der Waals surface area contributed by atoms with Gasteiger partial charge in [0.1, 0.15) is 18.1 Å². The second kappa shape index (κ2) is 20.9. The number of halogens is 1. The molecule has 4 heterocycles. The molecule has 0 saturated carbocycles. The first-order valence-corrected chi connectivity index (χ1v) is 21.4. The number of pyridine rings is 1. The molecule has 15 heteroatoms. The van der Waals surface area contributed by atoms with E-state index in [9.17, 15) is 23.4 Å². The summed E-state index contributed by atoms with van der Waals surface area (Å²) in [5, 5.41) is 19.1. The molecule has 3 unspecified atom stereocenters. The van der Waals surface area contributed by atoms with Crippen LogP contribution in [0.3, 0.4) is 0 Å². The van der Waals surface area contributed by atoms with Crippen LogP contribution in [0.5, 0.6) is 0 Å². The van der Waals surface area contributed by atoms with Crippen LogP contribution in [-0.2, 0) is 33.3 Å². The standard InChI is InChI=1S/C42H62N4O9.CH3FS/c1-11-33-42(8)36(45-40(50)55-42)28(6)43-22-24(2)21-41(7,51-18-14-15-29-20-30-16-12-13-17-31(30)44-23-29)37(26(4)34(47)27(5)38(49)53-33)54-39-35(48)32(46(9)10)19-25(3)52-39;1-3-2/h12-17,20,23-28,32-33,35-37,39,43,48H,11,18-19,21-22H2,1-10H3,(H,45,50);1H3/b15-14+;/t24-,25?,26+,27-,28-,32?,33-,35?,36-,37-,39+,41-,42-;/m1./s1. The highest BCUT2D eigenvalue weighted by Crippen LogP contribution is 2.38. The third-order valence-electron chi connectivity index (χ3n) is 11.8. The lowest BCUT2D eigenvalue weighted by Crippen LogP contribution is -2.60. The number of aromatic nitrogens is 1. The number of ether oxygens (including phenoxy) is 5. The highest BCUT2D eigenvalue weighted by Gasteiger charge is 2.55. The molecule has 13 atom stereocenters. The van der Waals surface area contributed by atoms with Crippen molar-refractivity contribution in [1.29, 1.82) is 0 Å². The van der Waals surface area contributed by atoms with Crippen LogP contribution in [0.15, 0.2) is 42.6 Å². The van der Waals surface area contributed by atoms with Crippen molar-refractivity contribution in [1.82, 2.24) is 20.5 Å². The van der Waals surface area contributed by atoms with Crippen LogP contribution in [-0.4, -0.2) is 126 Å². The molecule has 1 aromatic carbocycles. The van der Waals surface area contributed by atoms with E-state index in [1.807, 2.05) is 89.3 Å². The number of benzene rings is 1. The van der Waals surface area contributed by atoms with E-state index >= 15 is 0 Å². The zero-order valence-electron chi connectivity index (χ0n) is 35.9. The van der Waals surface area contributed by atoms with Crippen LogP contribution in [0.2, 0.25) is 0 Å². The molecule has 3 saturated heterocycles. The maximum atomic E-state index is 14.5. The Kier molecular flexibility index (Phi) is 17.1. The Morgan fingerprint density at radius 1 is 1.12 bits per heavy atom. The number of nitrogens with zero attached hydrogens (tertiary/aromatic N) is 2. The van der Waals surface area contributed by atoms with Gasteiger partial charge in [-0.3, -0.25) is 14.6 Å². The van der Waals surface area contributed by atoms with Gasteiger partial charge in [-0.25, -0.2) is 4.79 Å². The topological polar surface area (TPSA) is 158 Å². The van der Waals surface area contributed by atoms with Crippen molar-refractivity contribution in [2.75, 3.05) is 33.5 Å². The smallest absolute Gasteiger partial charge is 0.408 e. The molecular formula is C43H65FN4O9S. The summed E-state index contributed by atoms with van der Waals surface area (Å²) in [6, 6.07) is 8.92. The maximum absolute atomic E-state index is 14.5. The van der Waals surface area contributed by atoms with Gasteiger partial charge in [0.2, 0.25) is 0 Å². The van der Waals surface area contributed by atoms with Gasteiger partial charge < -0.3 is 44.3 Å². The van der Waals surface area contributed by atoms with E-state index in [2.05, 4.69) is 28.6 Å². The summed E-state index contributed by atoms with van der Waals surface area (Å²) in [6.07, 6.45) is 3.75. The molecule has 5 rings (SSSR count). The van der Waals surface area contributed by atoms with E-state index < -0.39 is 71.5 Å². The number of hydrogen-bond acceptors (Lipinski definition) is 13. The van der Waals surface area contributed by atoms with Crippen molar-refractivity contribution >= 4 is 47.0 Å². The summed E-state index contributed by atoms with van der Waals surface area (Å²) in [4.78, 5) is 47.5. The third kappa shape index (κ3) is 11.3. The molecule has 1 aromatic heterocycles. The summed E-state index contributed by atoms with van der Waals surface area (Å²) in [6.45, 7) is 15.5. The zero-order chi connectivity index (χ0) is 42.9. The number of cyclic esters (lactones) is 1. The average Bonchev–Trinajstić information content (AvgIpc) is 3.50. The summed E-state index contributed by atoms with van der Waals surface area (Å²) in [5.41, 5.74) is -0.496. The molecule has 13 nitrogen and oxygen atoms in total. The molecular weight excluding hydrogens is 768 g/mol. The van der Waals surface area contributed by atoms with Gasteiger partial charge in [0.25, 0.3) is 0 Å². The number of carbonyl (C=O) groups is 3. The first kappa shape index (κ1) is 47.5. The largest absolute Gasteiger partial charge is 0.458 e. The Labute approximate surface area is 347 Å². The number of aliphatic hydroxyl groups excluding tert-OH is 1. The number of rotatable bonds is 8. The lowest BCUT2D eigenvalue weighted by atomic mass is 9.78. The Morgan fingerprint density at radius 3 is 2.48 bits per heavy atom. The number of Topliss-reactive ketones (excluding diaryl/α,β-unsaturated/α-hetero) is 1. The van der Waals surface area contributed by atoms with Crippen LogP contribution in [0.25, 0.3) is 17.0 Å². The summed E-state index contributed by atoms with van der Waals surface area (Å²) < 4.78 is 41.9. The first-order valence-electron chi connectivity index (χ1n) is 20.3. The molecule has 324 valence electrons. The minimum Gasteiger partial charge on any atom is -0.458 e. The van der Waals surface area contributed by atoms with Gasteiger partial charge in [-0.2, -0.15) is 3.89 Å². The lowest BCUT2D eigenvalue weighted by Gasteiger charge is -2.47. The molecule has 1 amide bonds. The number of likely N-dealkylation sites (N-methyl/N-ethyl adjacent to an activating group) is 1. The molecule has 3 aliphatic rings. The summed E-state index contributed by atoms with van der Waals surface area (Å²) in [5.74, 6) is -3.25. The number of carbonyl (C=O) groups excluding carboxylic acids is 3. The van der Waals surface area contributed by atoms with Crippen LogP contribution in [0.1, 0.15) is 80.2 Å². The fraction of sp³-hybridized carbons (Fsp3) is 0.674. The number of fused-ring (bicyclic) bond motifs is 2. The predicted octanol–water partition coefficient (Wildman–Crippen LogP) is 6.12. The number of para-hydroxylation sites is 1. The normalized spacial score (nSPS) is 36.6. The molecule has 3 fully saturated rings. The van der Waals surface area contributed by atoms with Crippen molar-refractivity contribution in [3.63, 3.8) is 0 Å². The molecule has 0 bridgehead atoms. The molecule has 58 heavy (non-hydrogen) atoms. The van der Waals surface area contributed by atoms with Crippen LogP contribution in [0, 0.1) is 17.8 Å². The second-order valence-electron chi connectivity index (χ2n) is 16.7. The monoisotopic (exact) mass is 832 g/mol. The van der Waals surface area contributed by atoms with E-state index in [4.69, 9.17) is 23.7 Å². The van der Waals surface area contributed by atoms with Crippen molar-refractivity contribution in [3.8, 4) is 0 Å². The van der Waals surface area contributed by atoms with Crippen LogP contribution >= 0.6 is 12.1 Å². The van der Waals surface area contributed by atoms with Crippen molar-refractivity contribution in [3.05, 3.63) is 48.2 Å². The van der Waals surface area contributed by atoms with Gasteiger partial charge in [-0.15, -0.1) is 0 Å². The van der Waals surface area contributed by atoms with Crippen molar-refractivity contribution < 1.29 is 47.1 Å². The van der Waals surface area contributed by atoms with Gasteiger partial charge in [0.15, 0.2) is 17.7 Å². The Bertz CT molecular complexity index is 1720. The Hall–Kier alpha value is -3.18. The van der Waals surface area contributed by atoms with Crippen LogP contribution < -0.4 is 10.6 Å². The highest BCUT2D eigenvalue weighted by atomic mass is 32.2. The van der Waals surface area contributed by atoms with Gasteiger partial charge in [-0.05, 0) is 98.1 Å². The summed E-state index contributed by atoms with van der Waals surface area (Å²) >= 11 is 0.250. The minimum atomic E-state index is -1.18. The second-order valence-corrected chi connectivity index (χ2v) is 17.0. The van der Waals surface area contributed by atoms with E-state index in [1.165, 1.54) is 13.2 Å². The van der Waals surface area contributed by atoms with Crippen LogP contribution in [0.4, 0.5) is 8.68 Å². The van der Waals surface area contributed by atoms with E-state index in [1.54, 1.807) is 13.8 Å². The Morgan fingerprint density at radius 2 is 1.81 bits per heavy atom. The van der Waals surface area contributed by atoms with E-state index in [0.29, 0.717) is 25.8 Å². The number of ketones is 1. The highest BCUT2D eigenvalue weighted by molar-refractivity contribution is 7.93. The summed E-state index contributed by atoms with van der Waals surface area (Å²) in [7, 11) is 3.81. The molecule has 0 aliphatic carbocycles. The SMILES string of the molecule is CC[C@H]1OC(=O)[C@H](C)C(=O)[C@H](C)[C@@H](O[C@@H]2OC(C)CC(N(C)C)C2O)[C@](C)(OC/C=C/c2cnc3ccccc3c2)C[C@@H](C)CN[C@H](C)[C@H]2NC(=O)O[C@@]21C.CSF. The molecule has 3 N–H and O–H groups in total. The Balaban J connectivity index is 0.00000240. The fourth-order valence-electron chi connectivity index (χ4n) is 8.68. The maximum Gasteiger partial charge on any atom is 0.408 e. The first-order chi connectivity index (χ1) is 27.4. The van der Waals surface area contributed by atoms with Gasteiger partial charge in [0.05, 0.1) is 36.0 Å². The molecule has 3 aliphatic heterocycles. The minimum absolute atomic E-state index is 0.0353. The quantitative estimate of drug-likeness (QED) is 0.207. The number of alkyl carbamates (subject to hydrolysis) is 1. The zero-order valence-corrected chi connectivity index (χ0v) is 36.7. The lowest BCUT2D eigenvalue weighted by molar-refractivity contribution is -0.296. The van der Waals surface area contributed by atoms with Gasteiger partial charge in [-0.1, -0.05) is 51.1 Å². The average molecular weight is 833 g/mol. The van der Waals surface area contributed by atoms with E-state index in [-0.39, 0.29) is 42.9 Å². The number of esters is 1. The fourth-order valence-corrected chi connectivity index (χ4v) is 8.68.